The summed E-state index contributed by atoms with van der Waals surface area (Å²) in [4.78, 5) is 17.2. The molecule has 1 atom stereocenters. The lowest BCUT2D eigenvalue weighted by atomic mass is 9.76. The SMILES string of the molecule is CC1Cc2c(nc3c(Br)cnn3c2N[C@H]2C[C@H](NC(=O)OC(C)(C)C)C2)C12CCCC2. The van der Waals surface area contributed by atoms with E-state index < -0.39 is 5.60 Å². The Balaban J connectivity index is 1.37. The number of carbonyl (C=O) groups excluding carboxylic acids is 1. The number of carbonyl (C=O) groups is 1. The molecule has 0 aliphatic heterocycles. The van der Waals surface area contributed by atoms with Crippen LogP contribution < -0.4 is 10.6 Å². The third-order valence-electron chi connectivity index (χ3n) is 7.32. The van der Waals surface area contributed by atoms with E-state index in [1.165, 1.54) is 36.9 Å². The summed E-state index contributed by atoms with van der Waals surface area (Å²) < 4.78 is 8.28. The molecule has 2 fully saturated rings. The summed E-state index contributed by atoms with van der Waals surface area (Å²) in [6.45, 7) is 8.03. The van der Waals surface area contributed by atoms with Crippen molar-refractivity contribution in [2.24, 2.45) is 5.92 Å². The minimum Gasteiger partial charge on any atom is -0.444 e. The lowest BCUT2D eigenvalue weighted by Crippen LogP contribution is -2.51. The quantitative estimate of drug-likeness (QED) is 0.636. The Labute approximate surface area is 191 Å². The molecule has 1 unspecified atom stereocenters. The number of nitrogens with zero attached hydrogens (tertiary/aromatic N) is 3. The maximum Gasteiger partial charge on any atom is 0.407 e. The average Bonchev–Trinajstić information content (AvgIpc) is 3.33. The minimum absolute atomic E-state index is 0.141. The molecule has 2 heterocycles. The zero-order valence-electron chi connectivity index (χ0n) is 18.8. The van der Waals surface area contributed by atoms with Crippen molar-refractivity contribution < 1.29 is 9.53 Å². The maximum atomic E-state index is 12.1. The molecule has 168 valence electrons. The van der Waals surface area contributed by atoms with E-state index in [9.17, 15) is 4.79 Å². The number of halogens is 1. The smallest absolute Gasteiger partial charge is 0.407 e. The molecule has 1 amide bonds. The average molecular weight is 490 g/mol. The van der Waals surface area contributed by atoms with Crippen molar-refractivity contribution in [3.63, 3.8) is 0 Å². The number of amides is 1. The van der Waals surface area contributed by atoms with Crippen LogP contribution in [0.2, 0.25) is 0 Å². The van der Waals surface area contributed by atoms with Gasteiger partial charge < -0.3 is 15.4 Å². The predicted molar refractivity (Wildman–Crippen MR) is 124 cm³/mol. The van der Waals surface area contributed by atoms with Crippen LogP contribution in [-0.4, -0.2) is 38.4 Å². The van der Waals surface area contributed by atoms with E-state index in [1.54, 1.807) is 0 Å². The highest BCUT2D eigenvalue weighted by molar-refractivity contribution is 9.10. The summed E-state index contributed by atoms with van der Waals surface area (Å²) in [6.07, 6.45) is 9.35. The standard InChI is InChI=1S/C23H32BrN5O2/c1-13-9-16-18(23(13)7-5-6-8-23)28-20-17(24)12-25-29(20)19(16)26-14-10-15(11-14)27-21(30)31-22(2,3)4/h12-15,26H,5-11H2,1-4H3,(H,27,30)/t13?,14-,15-. The molecule has 31 heavy (non-hydrogen) atoms. The van der Waals surface area contributed by atoms with Crippen LogP contribution in [0.3, 0.4) is 0 Å². The van der Waals surface area contributed by atoms with Crippen molar-refractivity contribution in [3.05, 3.63) is 21.9 Å². The van der Waals surface area contributed by atoms with Gasteiger partial charge in [0.05, 0.1) is 16.4 Å². The van der Waals surface area contributed by atoms with Crippen molar-refractivity contribution in [1.29, 1.82) is 0 Å². The first-order valence-electron chi connectivity index (χ1n) is 11.5. The van der Waals surface area contributed by atoms with Crippen LogP contribution in [0.25, 0.3) is 5.65 Å². The number of alkyl carbamates (subject to hydrolysis) is 1. The van der Waals surface area contributed by atoms with Gasteiger partial charge in [0.1, 0.15) is 11.4 Å². The van der Waals surface area contributed by atoms with Crippen molar-refractivity contribution in [3.8, 4) is 0 Å². The minimum atomic E-state index is -0.477. The monoisotopic (exact) mass is 489 g/mol. The Morgan fingerprint density at radius 1 is 1.26 bits per heavy atom. The lowest BCUT2D eigenvalue weighted by Gasteiger charge is -2.37. The molecule has 2 N–H and O–H groups in total. The highest BCUT2D eigenvalue weighted by atomic mass is 79.9. The number of fused-ring (bicyclic) bond motifs is 3. The first-order chi connectivity index (χ1) is 14.7. The van der Waals surface area contributed by atoms with E-state index in [-0.39, 0.29) is 17.6 Å². The van der Waals surface area contributed by atoms with Crippen LogP contribution in [0.1, 0.15) is 77.5 Å². The number of aromatic nitrogens is 3. The van der Waals surface area contributed by atoms with E-state index in [4.69, 9.17) is 9.72 Å². The number of nitrogens with one attached hydrogen (secondary N) is 2. The van der Waals surface area contributed by atoms with Gasteiger partial charge >= 0.3 is 6.09 Å². The van der Waals surface area contributed by atoms with Gasteiger partial charge in [-0.3, -0.25) is 0 Å². The summed E-state index contributed by atoms with van der Waals surface area (Å²) >= 11 is 3.64. The van der Waals surface area contributed by atoms with Gasteiger partial charge in [-0.25, -0.2) is 9.78 Å². The van der Waals surface area contributed by atoms with Gasteiger partial charge in [-0.15, -0.1) is 0 Å². The number of ether oxygens (including phenoxy) is 1. The number of hydrogen-bond donors (Lipinski definition) is 2. The molecular formula is C23H32BrN5O2. The second-order valence-corrected chi connectivity index (χ2v) is 11.5. The van der Waals surface area contributed by atoms with Gasteiger partial charge in [-0.1, -0.05) is 19.8 Å². The molecule has 3 aliphatic rings. The third kappa shape index (κ3) is 3.60. The number of anilines is 1. The summed E-state index contributed by atoms with van der Waals surface area (Å²) in [7, 11) is 0. The van der Waals surface area contributed by atoms with Crippen molar-refractivity contribution in [1.82, 2.24) is 19.9 Å². The Kier molecular flexibility index (Phi) is 4.99. The number of rotatable bonds is 3. The second-order valence-electron chi connectivity index (χ2n) is 10.6. The third-order valence-corrected chi connectivity index (χ3v) is 7.88. The van der Waals surface area contributed by atoms with Gasteiger partial charge in [-0.05, 0) is 74.7 Å². The molecule has 2 aromatic rings. The maximum absolute atomic E-state index is 12.1. The van der Waals surface area contributed by atoms with Crippen molar-refractivity contribution in [2.75, 3.05) is 5.32 Å². The Morgan fingerprint density at radius 3 is 2.65 bits per heavy atom. The molecule has 0 aromatic carbocycles. The molecular weight excluding hydrogens is 458 g/mol. The van der Waals surface area contributed by atoms with Gasteiger partial charge in [-0.2, -0.15) is 9.61 Å². The fraction of sp³-hybridized carbons (Fsp3) is 0.696. The lowest BCUT2D eigenvalue weighted by molar-refractivity contribution is 0.0475. The zero-order valence-corrected chi connectivity index (χ0v) is 20.4. The van der Waals surface area contributed by atoms with Gasteiger partial charge in [0.2, 0.25) is 0 Å². The molecule has 7 nitrogen and oxygen atoms in total. The van der Waals surface area contributed by atoms with Gasteiger partial charge in [0.25, 0.3) is 0 Å². The van der Waals surface area contributed by atoms with Gasteiger partial charge in [0, 0.05) is 23.1 Å². The first kappa shape index (κ1) is 21.0. The first-order valence-corrected chi connectivity index (χ1v) is 12.3. The highest BCUT2D eigenvalue weighted by Gasteiger charge is 2.49. The van der Waals surface area contributed by atoms with Crippen molar-refractivity contribution >= 4 is 33.5 Å². The van der Waals surface area contributed by atoms with E-state index in [0.29, 0.717) is 12.0 Å². The van der Waals surface area contributed by atoms with Crippen LogP contribution in [0.5, 0.6) is 0 Å². The van der Waals surface area contributed by atoms with Gasteiger partial charge in [0.15, 0.2) is 5.65 Å². The van der Waals surface area contributed by atoms with E-state index in [0.717, 1.165) is 35.2 Å². The molecule has 1 spiro atoms. The molecule has 3 aliphatic carbocycles. The van der Waals surface area contributed by atoms with Crippen LogP contribution in [0.4, 0.5) is 10.6 Å². The number of hydrogen-bond acceptors (Lipinski definition) is 5. The molecule has 2 aromatic heterocycles. The Hall–Kier alpha value is -1.83. The Morgan fingerprint density at radius 2 is 1.97 bits per heavy atom. The summed E-state index contributed by atoms with van der Waals surface area (Å²) in [5, 5.41) is 11.4. The van der Waals surface area contributed by atoms with Crippen molar-refractivity contribution in [2.45, 2.75) is 95.7 Å². The molecule has 8 heteroatoms. The summed E-state index contributed by atoms with van der Waals surface area (Å²) in [6, 6.07) is 0.440. The molecule has 2 saturated carbocycles. The van der Waals surface area contributed by atoms with E-state index in [1.807, 2.05) is 31.5 Å². The van der Waals surface area contributed by atoms with E-state index >= 15 is 0 Å². The van der Waals surface area contributed by atoms with Crippen LogP contribution in [-0.2, 0) is 16.6 Å². The van der Waals surface area contributed by atoms with Crippen LogP contribution in [0.15, 0.2) is 10.7 Å². The topological polar surface area (TPSA) is 80.5 Å². The Bertz CT molecular complexity index is 1020. The zero-order chi connectivity index (χ0) is 22.0. The fourth-order valence-corrected chi connectivity index (χ4v) is 6.09. The normalized spacial score (nSPS) is 26.7. The molecule has 0 radical (unpaired) electrons. The summed E-state index contributed by atoms with van der Waals surface area (Å²) in [5.74, 6) is 1.69. The molecule has 0 saturated heterocycles. The van der Waals surface area contributed by atoms with Crippen LogP contribution >= 0.6 is 15.9 Å². The predicted octanol–water partition coefficient (Wildman–Crippen LogP) is 4.96. The second kappa shape index (κ2) is 7.36. The molecule has 0 bridgehead atoms. The highest BCUT2D eigenvalue weighted by Crippen LogP contribution is 2.54. The van der Waals surface area contributed by atoms with Crippen LogP contribution in [0, 0.1) is 5.92 Å². The fourth-order valence-electron chi connectivity index (χ4n) is 5.74. The summed E-state index contributed by atoms with van der Waals surface area (Å²) in [5.41, 5.74) is 3.26. The molecule has 5 rings (SSSR count). The largest absolute Gasteiger partial charge is 0.444 e. The van der Waals surface area contributed by atoms with E-state index in [2.05, 4.69) is 38.6 Å².